The lowest BCUT2D eigenvalue weighted by Crippen LogP contribution is -2.26. The second-order valence-electron chi connectivity index (χ2n) is 4.39. The smallest absolute Gasteiger partial charge is 0.252 e. The lowest BCUT2D eigenvalue weighted by atomic mass is 10.2. The van der Waals surface area contributed by atoms with E-state index in [4.69, 9.17) is 11.6 Å². The van der Waals surface area contributed by atoms with Gasteiger partial charge in [-0.05, 0) is 42.5 Å². The SMILES string of the molecule is O=C(NCn1nnc2cc(Cl)ccc21)c1ccc(F)cc1. The Hall–Kier alpha value is -2.47. The number of benzene rings is 2. The van der Waals surface area contributed by atoms with Crippen molar-refractivity contribution < 1.29 is 9.18 Å². The molecule has 1 aromatic heterocycles. The lowest BCUT2D eigenvalue weighted by Gasteiger charge is -2.05. The molecule has 3 aromatic rings. The summed E-state index contributed by atoms with van der Waals surface area (Å²) in [6, 6.07) is 10.5. The molecule has 1 heterocycles. The molecule has 0 saturated carbocycles. The van der Waals surface area contributed by atoms with Gasteiger partial charge in [0.1, 0.15) is 18.0 Å². The van der Waals surface area contributed by atoms with Crippen molar-refractivity contribution in [3.05, 3.63) is 58.9 Å². The molecule has 0 atom stereocenters. The Balaban J connectivity index is 1.74. The molecular weight excluding hydrogens is 295 g/mol. The monoisotopic (exact) mass is 304 g/mol. The molecule has 0 fully saturated rings. The molecular formula is C14H10ClFN4O. The van der Waals surface area contributed by atoms with E-state index in [9.17, 15) is 9.18 Å². The Morgan fingerprint density at radius 2 is 2.00 bits per heavy atom. The van der Waals surface area contributed by atoms with Crippen LogP contribution in [0, 0.1) is 5.82 Å². The standard InChI is InChI=1S/C14H10ClFN4O/c15-10-3-6-13-12(7-10)18-19-20(13)8-17-14(21)9-1-4-11(16)5-2-9/h1-7H,8H2,(H,17,21). The van der Waals surface area contributed by atoms with Gasteiger partial charge < -0.3 is 5.32 Å². The van der Waals surface area contributed by atoms with Crippen molar-refractivity contribution in [1.29, 1.82) is 0 Å². The minimum Gasteiger partial charge on any atom is -0.333 e. The van der Waals surface area contributed by atoms with Crippen molar-refractivity contribution in [1.82, 2.24) is 20.3 Å². The van der Waals surface area contributed by atoms with E-state index in [-0.39, 0.29) is 18.4 Å². The third-order valence-electron chi connectivity index (χ3n) is 2.97. The van der Waals surface area contributed by atoms with Crippen LogP contribution in [0.5, 0.6) is 0 Å². The summed E-state index contributed by atoms with van der Waals surface area (Å²) in [5.74, 6) is -0.696. The van der Waals surface area contributed by atoms with Gasteiger partial charge in [0.15, 0.2) is 0 Å². The van der Waals surface area contributed by atoms with Gasteiger partial charge in [0.05, 0.1) is 5.52 Å². The van der Waals surface area contributed by atoms with Gasteiger partial charge in [0.2, 0.25) is 0 Å². The van der Waals surface area contributed by atoms with E-state index in [2.05, 4.69) is 15.6 Å². The molecule has 21 heavy (non-hydrogen) atoms. The molecule has 106 valence electrons. The zero-order chi connectivity index (χ0) is 14.8. The fourth-order valence-electron chi connectivity index (χ4n) is 1.91. The Morgan fingerprint density at radius 1 is 1.24 bits per heavy atom. The summed E-state index contributed by atoms with van der Waals surface area (Å²) in [4.78, 5) is 11.9. The Morgan fingerprint density at radius 3 is 2.76 bits per heavy atom. The average Bonchev–Trinajstić information content (AvgIpc) is 2.87. The number of aromatic nitrogens is 3. The van der Waals surface area contributed by atoms with Gasteiger partial charge >= 0.3 is 0 Å². The highest BCUT2D eigenvalue weighted by Crippen LogP contribution is 2.16. The summed E-state index contributed by atoms with van der Waals surface area (Å²) in [5, 5.41) is 11.2. The summed E-state index contributed by atoms with van der Waals surface area (Å²) in [5.41, 5.74) is 1.79. The van der Waals surface area contributed by atoms with Crippen LogP contribution in [0.2, 0.25) is 5.02 Å². The maximum atomic E-state index is 12.8. The van der Waals surface area contributed by atoms with Crippen LogP contribution in [0.25, 0.3) is 11.0 Å². The molecule has 0 radical (unpaired) electrons. The predicted molar refractivity (Wildman–Crippen MR) is 76.4 cm³/mol. The zero-order valence-electron chi connectivity index (χ0n) is 10.8. The summed E-state index contributed by atoms with van der Waals surface area (Å²) < 4.78 is 14.4. The third-order valence-corrected chi connectivity index (χ3v) is 3.21. The topological polar surface area (TPSA) is 59.8 Å². The fraction of sp³-hybridized carbons (Fsp3) is 0.0714. The van der Waals surface area contributed by atoms with Crippen LogP contribution in [-0.2, 0) is 6.67 Å². The van der Waals surface area contributed by atoms with Crippen molar-refractivity contribution in [2.24, 2.45) is 0 Å². The average molecular weight is 305 g/mol. The molecule has 7 heteroatoms. The normalized spacial score (nSPS) is 10.8. The highest BCUT2D eigenvalue weighted by Gasteiger charge is 2.08. The Labute approximate surface area is 124 Å². The van der Waals surface area contributed by atoms with Crippen LogP contribution in [0.3, 0.4) is 0 Å². The maximum absolute atomic E-state index is 12.8. The van der Waals surface area contributed by atoms with E-state index < -0.39 is 0 Å². The zero-order valence-corrected chi connectivity index (χ0v) is 11.5. The molecule has 0 aliphatic rings. The summed E-state index contributed by atoms with van der Waals surface area (Å²) >= 11 is 5.87. The first-order valence-electron chi connectivity index (χ1n) is 6.16. The number of rotatable bonds is 3. The molecule has 2 aromatic carbocycles. The highest BCUT2D eigenvalue weighted by molar-refractivity contribution is 6.31. The number of nitrogens with zero attached hydrogens (tertiary/aromatic N) is 3. The van der Waals surface area contributed by atoms with Crippen LogP contribution < -0.4 is 5.32 Å². The largest absolute Gasteiger partial charge is 0.333 e. The maximum Gasteiger partial charge on any atom is 0.252 e. The van der Waals surface area contributed by atoms with E-state index in [1.165, 1.54) is 24.3 Å². The molecule has 1 N–H and O–H groups in total. The number of nitrogens with one attached hydrogen (secondary N) is 1. The number of hydrogen-bond acceptors (Lipinski definition) is 3. The van der Waals surface area contributed by atoms with Crippen molar-refractivity contribution in [2.45, 2.75) is 6.67 Å². The van der Waals surface area contributed by atoms with Crippen LogP contribution in [0.15, 0.2) is 42.5 Å². The number of halogens is 2. The fourth-order valence-corrected chi connectivity index (χ4v) is 2.08. The van der Waals surface area contributed by atoms with Crippen LogP contribution >= 0.6 is 11.6 Å². The predicted octanol–water partition coefficient (Wildman–Crippen LogP) is 2.61. The lowest BCUT2D eigenvalue weighted by molar-refractivity contribution is 0.0940. The Kier molecular flexibility index (Phi) is 3.53. The second-order valence-corrected chi connectivity index (χ2v) is 4.83. The van der Waals surface area contributed by atoms with Gasteiger partial charge in [-0.2, -0.15) is 0 Å². The quantitative estimate of drug-likeness (QED) is 0.809. The number of fused-ring (bicyclic) bond motifs is 1. The van der Waals surface area contributed by atoms with Gasteiger partial charge in [0.25, 0.3) is 5.91 Å². The molecule has 0 spiro atoms. The van der Waals surface area contributed by atoms with E-state index >= 15 is 0 Å². The first kappa shape index (κ1) is 13.5. The van der Waals surface area contributed by atoms with Gasteiger partial charge in [-0.15, -0.1) is 5.10 Å². The minimum atomic E-state index is -0.384. The van der Waals surface area contributed by atoms with Crippen molar-refractivity contribution in [2.75, 3.05) is 0 Å². The van der Waals surface area contributed by atoms with Crippen LogP contribution in [-0.4, -0.2) is 20.9 Å². The van der Waals surface area contributed by atoms with E-state index in [1.54, 1.807) is 22.9 Å². The highest BCUT2D eigenvalue weighted by atomic mass is 35.5. The van der Waals surface area contributed by atoms with Gasteiger partial charge in [-0.1, -0.05) is 16.8 Å². The number of carbonyl (C=O) groups is 1. The first-order valence-corrected chi connectivity index (χ1v) is 6.54. The molecule has 0 aliphatic heterocycles. The number of hydrogen-bond donors (Lipinski definition) is 1. The third kappa shape index (κ3) is 2.85. The summed E-state index contributed by atoms with van der Waals surface area (Å²) in [6.07, 6.45) is 0. The van der Waals surface area contributed by atoms with E-state index in [0.29, 0.717) is 16.1 Å². The summed E-state index contributed by atoms with van der Waals surface area (Å²) in [6.45, 7) is 0.161. The molecule has 0 aliphatic carbocycles. The van der Waals surface area contributed by atoms with Crippen molar-refractivity contribution >= 4 is 28.5 Å². The number of carbonyl (C=O) groups excluding carboxylic acids is 1. The van der Waals surface area contributed by atoms with E-state index in [0.717, 1.165) is 5.52 Å². The molecule has 5 nitrogen and oxygen atoms in total. The molecule has 1 amide bonds. The van der Waals surface area contributed by atoms with Gasteiger partial charge in [-0.25, -0.2) is 9.07 Å². The van der Waals surface area contributed by atoms with Crippen molar-refractivity contribution in [3.63, 3.8) is 0 Å². The van der Waals surface area contributed by atoms with Crippen LogP contribution in [0.4, 0.5) is 4.39 Å². The minimum absolute atomic E-state index is 0.161. The van der Waals surface area contributed by atoms with Gasteiger partial charge in [-0.3, -0.25) is 4.79 Å². The second kappa shape index (κ2) is 5.49. The van der Waals surface area contributed by atoms with Crippen LogP contribution in [0.1, 0.15) is 10.4 Å². The molecule has 0 unspecified atom stereocenters. The van der Waals surface area contributed by atoms with Gasteiger partial charge in [0, 0.05) is 10.6 Å². The molecule has 3 rings (SSSR count). The Bertz CT molecular complexity index is 800. The molecule has 0 saturated heterocycles. The summed E-state index contributed by atoms with van der Waals surface area (Å²) in [7, 11) is 0. The molecule has 0 bridgehead atoms. The van der Waals surface area contributed by atoms with Crippen molar-refractivity contribution in [3.8, 4) is 0 Å². The number of amides is 1. The first-order chi connectivity index (χ1) is 10.1. The van der Waals surface area contributed by atoms with E-state index in [1.807, 2.05) is 0 Å².